The van der Waals surface area contributed by atoms with Gasteiger partial charge in [-0.2, -0.15) is 4.57 Å². The van der Waals surface area contributed by atoms with Gasteiger partial charge in [-0.05, 0) is 26.3 Å². The molecule has 1 unspecified atom stereocenters. The quantitative estimate of drug-likeness (QED) is 0.565. The van der Waals surface area contributed by atoms with Crippen LogP contribution in [0.15, 0.2) is 83.5 Å². The lowest BCUT2D eigenvalue weighted by molar-refractivity contribution is -0.689. The number of dihydropyridines is 1. The van der Waals surface area contributed by atoms with Crippen molar-refractivity contribution in [1.82, 2.24) is 5.32 Å². The summed E-state index contributed by atoms with van der Waals surface area (Å²) in [6.45, 7) is 6.30. The van der Waals surface area contributed by atoms with E-state index in [0.29, 0.717) is 29.1 Å². The number of nitrogens with zero attached hydrogens (tertiary/aromatic N) is 1. The van der Waals surface area contributed by atoms with Crippen molar-refractivity contribution >= 4 is 11.9 Å². The largest absolute Gasteiger partial charge is 0.463 e. The lowest BCUT2D eigenvalue weighted by Gasteiger charge is -2.30. The van der Waals surface area contributed by atoms with Gasteiger partial charge in [-0.1, -0.05) is 36.4 Å². The molecule has 1 N–H and O–H groups in total. The molecular weight excluding hydrogens is 380 g/mol. The Morgan fingerprint density at radius 2 is 1.47 bits per heavy atom. The number of rotatable bonds is 7. The van der Waals surface area contributed by atoms with Crippen molar-refractivity contribution in [3.05, 3.63) is 89.0 Å². The van der Waals surface area contributed by atoms with Crippen LogP contribution in [0.4, 0.5) is 0 Å². The Balaban J connectivity index is 2.18. The van der Waals surface area contributed by atoms with Crippen molar-refractivity contribution in [3.8, 4) is 0 Å². The van der Waals surface area contributed by atoms with Crippen molar-refractivity contribution in [2.45, 2.75) is 33.2 Å². The fourth-order valence-corrected chi connectivity index (χ4v) is 3.65. The van der Waals surface area contributed by atoms with E-state index in [-0.39, 0.29) is 13.2 Å². The van der Waals surface area contributed by atoms with Gasteiger partial charge < -0.3 is 14.8 Å². The highest BCUT2D eigenvalue weighted by molar-refractivity contribution is 5.99. The van der Waals surface area contributed by atoms with Crippen LogP contribution >= 0.6 is 0 Å². The molecule has 30 heavy (non-hydrogen) atoms. The molecule has 156 valence electrons. The van der Waals surface area contributed by atoms with Crippen LogP contribution in [-0.4, -0.2) is 25.2 Å². The zero-order valence-corrected chi connectivity index (χ0v) is 17.6. The number of pyridine rings is 1. The molecule has 1 atom stereocenters. The molecule has 2 heterocycles. The van der Waals surface area contributed by atoms with Crippen LogP contribution in [0.25, 0.3) is 0 Å². The molecule has 0 aliphatic carbocycles. The Morgan fingerprint density at radius 3 is 2.07 bits per heavy atom. The summed E-state index contributed by atoms with van der Waals surface area (Å²) in [5, 5.41) is 3.28. The minimum absolute atomic E-state index is 0.243. The summed E-state index contributed by atoms with van der Waals surface area (Å²) < 4.78 is 12.7. The number of hydrogen-bond donors (Lipinski definition) is 1. The van der Waals surface area contributed by atoms with Crippen LogP contribution < -0.4 is 9.88 Å². The molecule has 2 aromatic rings. The Morgan fingerprint density at radius 1 is 0.900 bits per heavy atom. The van der Waals surface area contributed by atoms with Crippen LogP contribution in [0.3, 0.4) is 0 Å². The van der Waals surface area contributed by atoms with Gasteiger partial charge in [0.25, 0.3) is 0 Å². The van der Waals surface area contributed by atoms with E-state index in [1.165, 1.54) is 0 Å². The standard InChI is InChI=1S/C24H26N2O4/c1-4-29-23(27)20-17(3)25-19(16-26-14-10-7-11-15-26)22(24(28)30-5-2)21(20)18-12-8-6-9-13-18/h6-15,21H,4-5,16H2,1-3H3/p+1. The summed E-state index contributed by atoms with van der Waals surface area (Å²) in [7, 11) is 0. The topological polar surface area (TPSA) is 68.5 Å². The predicted molar refractivity (Wildman–Crippen MR) is 112 cm³/mol. The lowest BCUT2D eigenvalue weighted by atomic mass is 9.80. The molecule has 1 aliphatic rings. The number of carbonyl (C=O) groups excluding carboxylic acids is 2. The summed E-state index contributed by atoms with van der Waals surface area (Å²) in [5.41, 5.74) is 3.05. The normalized spacial score (nSPS) is 16.2. The van der Waals surface area contributed by atoms with Crippen LogP contribution in [0, 0.1) is 0 Å². The molecule has 0 spiro atoms. The maximum Gasteiger partial charge on any atom is 0.337 e. The van der Waals surface area contributed by atoms with Crippen LogP contribution in [0.1, 0.15) is 32.3 Å². The highest BCUT2D eigenvalue weighted by Crippen LogP contribution is 2.39. The molecule has 0 saturated heterocycles. The smallest absolute Gasteiger partial charge is 0.337 e. The van der Waals surface area contributed by atoms with Crippen LogP contribution in [-0.2, 0) is 25.6 Å². The molecule has 0 bridgehead atoms. The number of allylic oxidation sites excluding steroid dienone is 2. The molecule has 1 aliphatic heterocycles. The van der Waals surface area contributed by atoms with Crippen molar-refractivity contribution in [3.63, 3.8) is 0 Å². The average Bonchev–Trinajstić information content (AvgIpc) is 2.75. The van der Waals surface area contributed by atoms with E-state index in [9.17, 15) is 9.59 Å². The van der Waals surface area contributed by atoms with Gasteiger partial charge in [-0.15, -0.1) is 0 Å². The fourth-order valence-electron chi connectivity index (χ4n) is 3.65. The third kappa shape index (κ3) is 4.59. The van der Waals surface area contributed by atoms with Gasteiger partial charge in [-0.25, -0.2) is 9.59 Å². The summed E-state index contributed by atoms with van der Waals surface area (Å²) in [6, 6.07) is 15.3. The number of esters is 2. The minimum Gasteiger partial charge on any atom is -0.463 e. The van der Waals surface area contributed by atoms with E-state index in [2.05, 4.69) is 5.32 Å². The second-order valence-electron chi connectivity index (χ2n) is 6.89. The van der Waals surface area contributed by atoms with Crippen molar-refractivity contribution in [2.75, 3.05) is 13.2 Å². The number of nitrogens with one attached hydrogen (secondary N) is 1. The van der Waals surface area contributed by atoms with Crippen molar-refractivity contribution in [1.29, 1.82) is 0 Å². The highest BCUT2D eigenvalue weighted by Gasteiger charge is 2.39. The Hall–Kier alpha value is -3.41. The maximum absolute atomic E-state index is 13.1. The van der Waals surface area contributed by atoms with Crippen LogP contribution in [0.2, 0.25) is 0 Å². The third-order valence-corrected chi connectivity index (χ3v) is 4.89. The van der Waals surface area contributed by atoms with Gasteiger partial charge in [0.15, 0.2) is 18.9 Å². The molecule has 3 rings (SSSR count). The van der Waals surface area contributed by atoms with E-state index < -0.39 is 17.9 Å². The van der Waals surface area contributed by atoms with Gasteiger partial charge in [-0.3, -0.25) is 0 Å². The Labute approximate surface area is 176 Å². The SMILES string of the molecule is CCOC(=O)C1=C(C)NC(C[n+]2ccccc2)=C(C(=O)OCC)C1c1ccccc1. The molecule has 1 aromatic carbocycles. The van der Waals surface area contributed by atoms with E-state index in [0.717, 1.165) is 5.56 Å². The molecule has 6 nitrogen and oxygen atoms in total. The first-order valence-corrected chi connectivity index (χ1v) is 10.1. The predicted octanol–water partition coefficient (Wildman–Crippen LogP) is 3.02. The van der Waals surface area contributed by atoms with E-state index in [1.54, 1.807) is 13.8 Å². The van der Waals surface area contributed by atoms with Crippen LogP contribution in [0.5, 0.6) is 0 Å². The monoisotopic (exact) mass is 407 g/mol. The van der Waals surface area contributed by atoms with Gasteiger partial charge in [0.1, 0.15) is 0 Å². The minimum atomic E-state index is -0.579. The highest BCUT2D eigenvalue weighted by atomic mass is 16.5. The zero-order valence-electron chi connectivity index (χ0n) is 17.6. The molecule has 6 heteroatoms. The third-order valence-electron chi connectivity index (χ3n) is 4.89. The van der Waals surface area contributed by atoms with Gasteiger partial charge in [0.2, 0.25) is 0 Å². The molecule has 0 saturated carbocycles. The zero-order chi connectivity index (χ0) is 21.5. The molecule has 0 radical (unpaired) electrons. The first kappa shape index (κ1) is 21.3. The van der Waals surface area contributed by atoms with Crippen molar-refractivity contribution < 1.29 is 23.6 Å². The van der Waals surface area contributed by atoms with Gasteiger partial charge in [0, 0.05) is 17.8 Å². The second kappa shape index (κ2) is 9.87. The Bertz CT molecular complexity index is 965. The molecule has 0 amide bonds. The number of ether oxygens (including phenoxy) is 2. The first-order chi connectivity index (χ1) is 14.6. The summed E-state index contributed by atoms with van der Waals surface area (Å²) >= 11 is 0. The number of benzene rings is 1. The maximum atomic E-state index is 13.1. The van der Waals surface area contributed by atoms with E-state index in [4.69, 9.17) is 9.47 Å². The molecule has 0 fully saturated rings. The van der Waals surface area contributed by atoms with Crippen molar-refractivity contribution in [2.24, 2.45) is 0 Å². The van der Waals surface area contributed by atoms with Gasteiger partial charge in [0.05, 0.1) is 36.0 Å². The molecule has 1 aromatic heterocycles. The lowest BCUT2D eigenvalue weighted by Crippen LogP contribution is -2.41. The number of carbonyl (C=O) groups is 2. The van der Waals surface area contributed by atoms with E-state index in [1.807, 2.05) is 72.4 Å². The van der Waals surface area contributed by atoms with Gasteiger partial charge >= 0.3 is 11.9 Å². The van der Waals surface area contributed by atoms with E-state index >= 15 is 0 Å². The fraction of sp³-hybridized carbons (Fsp3) is 0.292. The average molecular weight is 407 g/mol. The summed E-state index contributed by atoms with van der Waals surface area (Å²) in [4.78, 5) is 26.0. The second-order valence-corrected chi connectivity index (χ2v) is 6.89. The first-order valence-electron chi connectivity index (χ1n) is 10.1. The summed E-state index contributed by atoms with van der Waals surface area (Å²) in [6.07, 6.45) is 3.85. The summed E-state index contributed by atoms with van der Waals surface area (Å²) in [5.74, 6) is -1.46. The molecular formula is C24H27N2O4+. The Kier molecular flexibility index (Phi) is 7.01. The number of aromatic nitrogens is 1. The number of hydrogen-bond acceptors (Lipinski definition) is 5.